The van der Waals surface area contributed by atoms with Crippen LogP contribution in [0.4, 0.5) is 4.39 Å². The van der Waals surface area contributed by atoms with Crippen molar-refractivity contribution in [2.24, 2.45) is 0 Å². The van der Waals surface area contributed by atoms with Crippen molar-refractivity contribution >= 4 is 5.91 Å². The van der Waals surface area contributed by atoms with Gasteiger partial charge in [-0.25, -0.2) is 9.07 Å². The van der Waals surface area contributed by atoms with Gasteiger partial charge < -0.3 is 9.32 Å². The van der Waals surface area contributed by atoms with Crippen LogP contribution >= 0.6 is 0 Å². The zero-order valence-corrected chi connectivity index (χ0v) is 15.0. The number of halogens is 1. The Morgan fingerprint density at radius 2 is 1.96 bits per heavy atom. The van der Waals surface area contributed by atoms with Crippen molar-refractivity contribution in [2.75, 3.05) is 13.1 Å². The van der Waals surface area contributed by atoms with Crippen molar-refractivity contribution in [2.45, 2.75) is 19.9 Å². The summed E-state index contributed by atoms with van der Waals surface area (Å²) in [6.07, 6.45) is 0. The summed E-state index contributed by atoms with van der Waals surface area (Å²) in [5, 5.41) is 4.37. The number of likely N-dealkylation sites (tertiary alicyclic amines) is 1. The molecule has 27 heavy (non-hydrogen) atoms. The van der Waals surface area contributed by atoms with Gasteiger partial charge in [-0.15, -0.1) is 0 Å². The molecule has 3 aromatic rings. The highest BCUT2D eigenvalue weighted by Crippen LogP contribution is 2.25. The zero-order chi connectivity index (χ0) is 19.1. The predicted molar refractivity (Wildman–Crippen MR) is 97.0 cm³/mol. The van der Waals surface area contributed by atoms with Gasteiger partial charge in [0.05, 0.1) is 17.3 Å². The van der Waals surface area contributed by atoms with Gasteiger partial charge in [-0.3, -0.25) is 9.59 Å². The first-order valence-corrected chi connectivity index (χ1v) is 8.64. The van der Waals surface area contributed by atoms with Crippen molar-refractivity contribution < 1.29 is 13.6 Å². The number of carbonyl (C=O) groups excluding carboxylic acids is 1. The van der Waals surface area contributed by atoms with Crippen LogP contribution < -0.4 is 5.56 Å². The molecule has 4 rings (SSSR count). The van der Waals surface area contributed by atoms with E-state index in [-0.39, 0.29) is 23.3 Å². The van der Waals surface area contributed by atoms with Crippen LogP contribution in [0.15, 0.2) is 51.7 Å². The quantitative estimate of drug-likeness (QED) is 0.714. The molecule has 6 nitrogen and oxygen atoms in total. The molecular weight excluding hydrogens is 349 g/mol. The molecule has 0 spiro atoms. The maximum Gasteiger partial charge on any atom is 0.267 e. The Hall–Kier alpha value is -3.22. The lowest BCUT2D eigenvalue weighted by Gasteiger charge is -2.39. The normalized spacial score (nSPS) is 14.3. The lowest BCUT2D eigenvalue weighted by atomic mass is 10.1. The van der Waals surface area contributed by atoms with E-state index in [2.05, 4.69) is 5.10 Å². The number of amides is 1. The van der Waals surface area contributed by atoms with Gasteiger partial charge in [0.1, 0.15) is 17.3 Å². The summed E-state index contributed by atoms with van der Waals surface area (Å²) < 4.78 is 20.2. The van der Waals surface area contributed by atoms with Crippen LogP contribution in [0, 0.1) is 19.7 Å². The van der Waals surface area contributed by atoms with Gasteiger partial charge in [-0.2, -0.15) is 5.10 Å². The fraction of sp³-hybridized carbons (Fsp3) is 0.250. The number of hydrogen-bond donors (Lipinski definition) is 0. The second-order valence-corrected chi connectivity index (χ2v) is 6.70. The minimum Gasteiger partial charge on any atom is -0.466 e. The largest absolute Gasteiger partial charge is 0.466 e. The highest BCUT2D eigenvalue weighted by molar-refractivity contribution is 5.95. The number of furan rings is 1. The van der Waals surface area contributed by atoms with E-state index in [1.54, 1.807) is 43.0 Å². The van der Waals surface area contributed by atoms with Crippen molar-refractivity contribution in [3.05, 3.63) is 75.7 Å². The van der Waals surface area contributed by atoms with E-state index < -0.39 is 0 Å². The molecular formula is C20H18FN3O3. The molecule has 0 saturated carbocycles. The first kappa shape index (κ1) is 17.2. The van der Waals surface area contributed by atoms with Gasteiger partial charge in [-0.1, -0.05) is 12.1 Å². The lowest BCUT2D eigenvalue weighted by molar-refractivity contribution is 0.0491. The first-order valence-electron chi connectivity index (χ1n) is 8.64. The maximum absolute atomic E-state index is 13.5. The summed E-state index contributed by atoms with van der Waals surface area (Å²) in [5.74, 6) is 0.797. The molecule has 1 saturated heterocycles. The number of benzene rings is 1. The molecule has 2 aromatic heterocycles. The van der Waals surface area contributed by atoms with E-state index in [0.717, 1.165) is 0 Å². The molecule has 7 heteroatoms. The van der Waals surface area contributed by atoms with Crippen LogP contribution in [-0.4, -0.2) is 33.7 Å². The molecule has 1 aromatic carbocycles. The number of hydrogen-bond acceptors (Lipinski definition) is 4. The highest BCUT2D eigenvalue weighted by atomic mass is 19.1. The summed E-state index contributed by atoms with van der Waals surface area (Å²) >= 11 is 0. The Morgan fingerprint density at radius 1 is 1.19 bits per heavy atom. The predicted octanol–water partition coefficient (Wildman–Crippen LogP) is 2.96. The second-order valence-electron chi connectivity index (χ2n) is 6.70. The Balaban J connectivity index is 1.54. The molecule has 0 radical (unpaired) electrons. The number of carbonyl (C=O) groups is 1. The van der Waals surface area contributed by atoms with Crippen LogP contribution in [0.5, 0.6) is 0 Å². The van der Waals surface area contributed by atoms with Gasteiger partial charge >= 0.3 is 0 Å². The number of aryl methyl sites for hydroxylation is 2. The van der Waals surface area contributed by atoms with Gasteiger partial charge in [-0.05, 0) is 38.1 Å². The lowest BCUT2D eigenvalue weighted by Crippen LogP contribution is -2.53. The monoisotopic (exact) mass is 367 g/mol. The molecule has 1 aliphatic rings. The molecule has 1 aliphatic heterocycles. The third-order valence-corrected chi connectivity index (χ3v) is 4.71. The molecule has 1 amide bonds. The molecule has 0 bridgehead atoms. The van der Waals surface area contributed by atoms with Crippen LogP contribution in [0.1, 0.15) is 27.9 Å². The van der Waals surface area contributed by atoms with Crippen LogP contribution in [0.2, 0.25) is 0 Å². The van der Waals surface area contributed by atoms with E-state index >= 15 is 0 Å². The van der Waals surface area contributed by atoms with Crippen LogP contribution in [0.3, 0.4) is 0 Å². The van der Waals surface area contributed by atoms with E-state index in [9.17, 15) is 14.0 Å². The minimum absolute atomic E-state index is 0.116. The standard InChI is InChI=1S/C20H18FN3O3/c1-12-8-17(13(2)27-12)20(26)23-10-16(11-23)24-19(25)7-6-18(22-24)14-4-3-5-15(21)9-14/h3-9,16H,10-11H2,1-2H3. The minimum atomic E-state index is -0.363. The Morgan fingerprint density at radius 3 is 2.63 bits per heavy atom. The van der Waals surface area contributed by atoms with Gasteiger partial charge in [0, 0.05) is 24.7 Å². The third-order valence-electron chi connectivity index (χ3n) is 4.71. The van der Waals surface area contributed by atoms with Gasteiger partial charge in [0.2, 0.25) is 0 Å². The van der Waals surface area contributed by atoms with Crippen molar-refractivity contribution in [1.29, 1.82) is 0 Å². The van der Waals surface area contributed by atoms with E-state index in [1.165, 1.54) is 22.9 Å². The molecule has 0 unspecified atom stereocenters. The summed E-state index contributed by atoms with van der Waals surface area (Å²) in [6.45, 7) is 4.33. The molecule has 1 fully saturated rings. The maximum atomic E-state index is 13.5. The molecule has 0 atom stereocenters. The third kappa shape index (κ3) is 3.16. The topological polar surface area (TPSA) is 68.3 Å². The number of aromatic nitrogens is 2. The summed E-state index contributed by atoms with van der Waals surface area (Å²) in [6, 6.07) is 10.6. The van der Waals surface area contributed by atoms with Crippen molar-refractivity contribution in [3.8, 4) is 11.3 Å². The van der Waals surface area contributed by atoms with E-state index in [4.69, 9.17) is 4.42 Å². The van der Waals surface area contributed by atoms with Gasteiger partial charge in [0.15, 0.2) is 0 Å². The first-order chi connectivity index (χ1) is 12.9. The Kier molecular flexibility index (Phi) is 4.14. The van der Waals surface area contributed by atoms with Crippen molar-refractivity contribution in [1.82, 2.24) is 14.7 Å². The molecule has 0 N–H and O–H groups in total. The summed E-state index contributed by atoms with van der Waals surface area (Å²) in [5.41, 5.74) is 1.41. The molecule has 138 valence electrons. The van der Waals surface area contributed by atoms with Crippen molar-refractivity contribution in [3.63, 3.8) is 0 Å². The smallest absolute Gasteiger partial charge is 0.267 e. The average Bonchev–Trinajstić information content (AvgIpc) is 2.93. The summed E-state index contributed by atoms with van der Waals surface area (Å²) in [4.78, 5) is 26.4. The number of nitrogens with zero attached hydrogens (tertiary/aromatic N) is 3. The summed E-state index contributed by atoms with van der Waals surface area (Å²) in [7, 11) is 0. The SMILES string of the molecule is Cc1cc(C(=O)N2CC(n3nc(-c4cccc(F)c4)ccc3=O)C2)c(C)o1. The Labute approximate surface area is 154 Å². The fourth-order valence-corrected chi connectivity index (χ4v) is 3.28. The average molecular weight is 367 g/mol. The van der Waals surface area contributed by atoms with Crippen LogP contribution in [-0.2, 0) is 0 Å². The fourth-order valence-electron chi connectivity index (χ4n) is 3.28. The number of rotatable bonds is 3. The van der Waals surface area contributed by atoms with Gasteiger partial charge in [0.25, 0.3) is 11.5 Å². The molecule has 0 aliphatic carbocycles. The second kappa shape index (κ2) is 6.50. The highest BCUT2D eigenvalue weighted by Gasteiger charge is 2.35. The molecule has 3 heterocycles. The zero-order valence-electron chi connectivity index (χ0n) is 15.0. The van der Waals surface area contributed by atoms with E-state index in [0.29, 0.717) is 41.4 Å². The Bertz CT molecular complexity index is 1080. The van der Waals surface area contributed by atoms with Crippen LogP contribution in [0.25, 0.3) is 11.3 Å². The van der Waals surface area contributed by atoms with E-state index in [1.807, 2.05) is 0 Å².